The second kappa shape index (κ2) is 6.56. The number of methoxy groups -OCH3 is 1. The van der Waals surface area contributed by atoms with Crippen molar-refractivity contribution in [3.8, 4) is 11.5 Å². The van der Waals surface area contributed by atoms with Crippen molar-refractivity contribution >= 4 is 34.5 Å². The van der Waals surface area contributed by atoms with Crippen LogP contribution in [0.3, 0.4) is 0 Å². The van der Waals surface area contributed by atoms with Gasteiger partial charge in [-0.05, 0) is 58.5 Å². The van der Waals surface area contributed by atoms with Crippen LogP contribution in [0.25, 0.3) is 6.08 Å². The number of allylic oxidation sites excluding steroid dienone is 1. The van der Waals surface area contributed by atoms with E-state index < -0.39 is 0 Å². The van der Waals surface area contributed by atoms with E-state index in [1.54, 1.807) is 24.3 Å². The number of carbonyl (C=O) groups excluding carboxylic acids is 1. The van der Waals surface area contributed by atoms with Crippen LogP contribution in [0.5, 0.6) is 11.5 Å². The highest BCUT2D eigenvalue weighted by Gasteiger charge is 2.03. The molecule has 0 bridgehead atoms. The normalized spacial score (nSPS) is 10.7. The largest absolute Gasteiger partial charge is 0.504 e. The first-order valence-electron chi connectivity index (χ1n) is 5.95. The van der Waals surface area contributed by atoms with E-state index in [0.29, 0.717) is 11.3 Å². The Morgan fingerprint density at radius 3 is 2.75 bits per heavy atom. The maximum Gasteiger partial charge on any atom is 0.185 e. The molecule has 0 aliphatic heterocycles. The number of phenols is 1. The van der Waals surface area contributed by atoms with Gasteiger partial charge in [-0.2, -0.15) is 0 Å². The molecule has 0 atom stereocenters. The van der Waals surface area contributed by atoms with E-state index in [1.165, 1.54) is 19.3 Å². The lowest BCUT2D eigenvalue weighted by Gasteiger charge is -2.03. The fraction of sp³-hybridized carbons (Fsp3) is 0.0625. The molecule has 3 nitrogen and oxygen atoms in total. The van der Waals surface area contributed by atoms with E-state index in [1.807, 2.05) is 18.2 Å². The summed E-state index contributed by atoms with van der Waals surface area (Å²) in [4.78, 5) is 12.0. The van der Waals surface area contributed by atoms with Crippen molar-refractivity contribution < 1.29 is 14.6 Å². The molecule has 2 rings (SSSR count). The Morgan fingerprint density at radius 2 is 2.05 bits per heavy atom. The first-order valence-corrected chi connectivity index (χ1v) is 7.03. The lowest BCUT2D eigenvalue weighted by Crippen LogP contribution is -1.94. The van der Waals surface area contributed by atoms with Crippen LogP contribution in [0, 0.1) is 3.57 Å². The van der Waals surface area contributed by atoms with Gasteiger partial charge < -0.3 is 9.84 Å². The maximum atomic E-state index is 12.0. The number of carbonyl (C=O) groups is 1. The Balaban J connectivity index is 2.19. The lowest BCUT2D eigenvalue weighted by molar-refractivity contribution is 0.104. The van der Waals surface area contributed by atoms with E-state index in [9.17, 15) is 9.90 Å². The van der Waals surface area contributed by atoms with Crippen molar-refractivity contribution in [3.63, 3.8) is 0 Å². The summed E-state index contributed by atoms with van der Waals surface area (Å²) in [5.41, 5.74) is 1.44. The van der Waals surface area contributed by atoms with Gasteiger partial charge in [-0.15, -0.1) is 0 Å². The van der Waals surface area contributed by atoms with Gasteiger partial charge in [0.2, 0.25) is 0 Å². The van der Waals surface area contributed by atoms with Gasteiger partial charge in [-0.1, -0.05) is 24.3 Å². The minimum atomic E-state index is -0.0597. The van der Waals surface area contributed by atoms with Gasteiger partial charge in [0.25, 0.3) is 0 Å². The molecule has 0 aromatic heterocycles. The predicted octanol–water partition coefficient (Wildman–Crippen LogP) is 3.90. The Hall–Kier alpha value is -1.82. The van der Waals surface area contributed by atoms with Gasteiger partial charge in [-0.25, -0.2) is 0 Å². The van der Waals surface area contributed by atoms with Gasteiger partial charge in [0, 0.05) is 9.13 Å². The van der Waals surface area contributed by atoms with Crippen LogP contribution in [0.2, 0.25) is 0 Å². The van der Waals surface area contributed by atoms with Crippen molar-refractivity contribution in [2.24, 2.45) is 0 Å². The quantitative estimate of drug-likeness (QED) is 0.497. The van der Waals surface area contributed by atoms with Crippen LogP contribution in [-0.2, 0) is 0 Å². The van der Waals surface area contributed by atoms with E-state index in [2.05, 4.69) is 22.6 Å². The third-order valence-electron chi connectivity index (χ3n) is 2.74. The molecule has 20 heavy (non-hydrogen) atoms. The highest BCUT2D eigenvalue weighted by atomic mass is 127. The molecule has 0 amide bonds. The monoisotopic (exact) mass is 380 g/mol. The molecule has 0 heterocycles. The Kier molecular flexibility index (Phi) is 4.79. The van der Waals surface area contributed by atoms with E-state index in [0.717, 1.165) is 9.13 Å². The van der Waals surface area contributed by atoms with Crippen LogP contribution in [-0.4, -0.2) is 18.0 Å². The number of rotatable bonds is 4. The highest BCUT2D eigenvalue weighted by molar-refractivity contribution is 14.1. The number of aromatic hydroxyl groups is 1. The molecular formula is C16H13IO3. The zero-order valence-corrected chi connectivity index (χ0v) is 13.0. The standard InChI is InChI=1S/C16H13IO3/c1-20-16-9-11(6-8-15(16)19)5-7-14(18)12-3-2-4-13(17)10-12/h2-10,19H,1H3/b7-5+. The summed E-state index contributed by atoms with van der Waals surface area (Å²) >= 11 is 2.17. The number of hydrogen-bond donors (Lipinski definition) is 1. The minimum Gasteiger partial charge on any atom is -0.504 e. The molecule has 2 aromatic carbocycles. The topological polar surface area (TPSA) is 46.5 Å². The average Bonchev–Trinajstić information content (AvgIpc) is 2.46. The molecule has 0 saturated heterocycles. The number of halogens is 1. The number of ketones is 1. The van der Waals surface area contributed by atoms with E-state index >= 15 is 0 Å². The number of phenolic OH excluding ortho intramolecular Hbond substituents is 1. The number of ether oxygens (including phenoxy) is 1. The molecule has 0 unspecified atom stereocenters. The van der Waals surface area contributed by atoms with Crippen molar-refractivity contribution in [2.75, 3.05) is 7.11 Å². The lowest BCUT2D eigenvalue weighted by atomic mass is 10.1. The summed E-state index contributed by atoms with van der Waals surface area (Å²) in [6.07, 6.45) is 3.21. The molecule has 0 aliphatic rings. The molecule has 0 aliphatic carbocycles. The molecule has 4 heteroatoms. The molecule has 0 saturated carbocycles. The molecular weight excluding hydrogens is 367 g/mol. The van der Waals surface area contributed by atoms with Gasteiger partial charge in [0.15, 0.2) is 17.3 Å². The molecule has 0 radical (unpaired) electrons. The van der Waals surface area contributed by atoms with Crippen LogP contribution < -0.4 is 4.74 Å². The molecule has 2 aromatic rings. The zero-order chi connectivity index (χ0) is 14.5. The van der Waals surface area contributed by atoms with Crippen molar-refractivity contribution in [3.05, 3.63) is 63.2 Å². The van der Waals surface area contributed by atoms with E-state index in [4.69, 9.17) is 4.74 Å². The van der Waals surface area contributed by atoms with Gasteiger partial charge >= 0.3 is 0 Å². The van der Waals surface area contributed by atoms with Gasteiger partial charge in [0.1, 0.15) is 0 Å². The van der Waals surface area contributed by atoms with Gasteiger partial charge in [-0.3, -0.25) is 4.79 Å². The van der Waals surface area contributed by atoms with Crippen LogP contribution >= 0.6 is 22.6 Å². The fourth-order valence-electron chi connectivity index (χ4n) is 1.71. The van der Waals surface area contributed by atoms with Crippen molar-refractivity contribution in [1.82, 2.24) is 0 Å². The second-order valence-corrected chi connectivity index (χ2v) is 5.38. The average molecular weight is 380 g/mol. The van der Waals surface area contributed by atoms with Crippen LogP contribution in [0.4, 0.5) is 0 Å². The van der Waals surface area contributed by atoms with E-state index in [-0.39, 0.29) is 11.5 Å². The fourth-order valence-corrected chi connectivity index (χ4v) is 2.25. The summed E-state index contributed by atoms with van der Waals surface area (Å²) in [5.74, 6) is 0.401. The molecule has 102 valence electrons. The maximum absolute atomic E-state index is 12.0. The first kappa shape index (κ1) is 14.6. The Morgan fingerprint density at radius 1 is 1.25 bits per heavy atom. The van der Waals surface area contributed by atoms with Gasteiger partial charge in [0.05, 0.1) is 7.11 Å². The highest BCUT2D eigenvalue weighted by Crippen LogP contribution is 2.26. The van der Waals surface area contributed by atoms with Crippen molar-refractivity contribution in [2.45, 2.75) is 0 Å². The Labute approximate surface area is 131 Å². The zero-order valence-electron chi connectivity index (χ0n) is 10.8. The summed E-state index contributed by atoms with van der Waals surface area (Å²) in [7, 11) is 1.49. The van der Waals surface area contributed by atoms with Crippen LogP contribution in [0.1, 0.15) is 15.9 Å². The van der Waals surface area contributed by atoms with Crippen LogP contribution in [0.15, 0.2) is 48.5 Å². The summed E-state index contributed by atoms with van der Waals surface area (Å²) in [6.45, 7) is 0. The van der Waals surface area contributed by atoms with Crippen molar-refractivity contribution in [1.29, 1.82) is 0 Å². The second-order valence-electron chi connectivity index (χ2n) is 4.14. The minimum absolute atomic E-state index is 0.0597. The summed E-state index contributed by atoms with van der Waals surface area (Å²) in [6, 6.07) is 12.3. The summed E-state index contributed by atoms with van der Waals surface area (Å²) < 4.78 is 6.04. The third kappa shape index (κ3) is 3.60. The number of benzene rings is 2. The molecule has 0 spiro atoms. The predicted molar refractivity (Wildman–Crippen MR) is 87.2 cm³/mol. The summed E-state index contributed by atoms with van der Waals surface area (Å²) in [5, 5.41) is 9.50. The molecule has 0 fully saturated rings. The molecule has 1 N–H and O–H groups in total. The Bertz CT molecular complexity index is 663. The number of hydrogen-bond acceptors (Lipinski definition) is 3. The first-order chi connectivity index (χ1) is 9.60. The third-order valence-corrected chi connectivity index (χ3v) is 3.41. The smallest absolute Gasteiger partial charge is 0.185 e. The SMILES string of the molecule is COc1cc(/C=C/C(=O)c2cccc(I)c2)ccc1O.